The normalized spacial score (nSPS) is 39.1. The smallest absolute Gasteiger partial charge is 0.227 e. The van der Waals surface area contributed by atoms with E-state index in [1.165, 1.54) is 12.8 Å². The number of nitrogens with zero attached hydrogens (tertiary/aromatic N) is 1. The van der Waals surface area contributed by atoms with Gasteiger partial charge < -0.3 is 10.6 Å². The summed E-state index contributed by atoms with van der Waals surface area (Å²) in [6, 6.07) is 0.503. The Morgan fingerprint density at radius 3 is 2.53 bits per heavy atom. The lowest BCUT2D eigenvalue weighted by Crippen LogP contribution is -2.51. The van der Waals surface area contributed by atoms with E-state index in [9.17, 15) is 4.79 Å². The predicted molar refractivity (Wildman–Crippen MR) is 69.5 cm³/mol. The first-order chi connectivity index (χ1) is 8.09. The highest BCUT2D eigenvalue weighted by Gasteiger charge is 2.35. The number of likely N-dealkylation sites (tertiary alicyclic amines) is 1. The molecular weight excluding hydrogens is 212 g/mol. The highest BCUT2D eigenvalue weighted by Crippen LogP contribution is 2.29. The monoisotopic (exact) mass is 238 g/mol. The molecule has 17 heavy (non-hydrogen) atoms. The molecule has 1 aliphatic heterocycles. The quantitative estimate of drug-likeness (QED) is 0.761. The Balaban J connectivity index is 1.98. The average Bonchev–Trinajstić information content (AvgIpc) is 2.29. The van der Waals surface area contributed by atoms with Crippen LogP contribution in [0.25, 0.3) is 0 Å². The van der Waals surface area contributed by atoms with Gasteiger partial charge in [-0.2, -0.15) is 0 Å². The average molecular weight is 238 g/mol. The van der Waals surface area contributed by atoms with Crippen molar-refractivity contribution in [1.82, 2.24) is 4.90 Å². The van der Waals surface area contributed by atoms with Gasteiger partial charge in [0, 0.05) is 18.6 Å². The van der Waals surface area contributed by atoms with Crippen LogP contribution in [-0.2, 0) is 4.79 Å². The second kappa shape index (κ2) is 5.38. The Kier molecular flexibility index (Phi) is 4.08. The van der Waals surface area contributed by atoms with Gasteiger partial charge in [0.25, 0.3) is 0 Å². The van der Waals surface area contributed by atoms with Crippen LogP contribution in [-0.4, -0.2) is 29.4 Å². The number of amides is 1. The van der Waals surface area contributed by atoms with Crippen LogP contribution >= 0.6 is 0 Å². The van der Waals surface area contributed by atoms with E-state index >= 15 is 0 Å². The minimum atomic E-state index is 0.0969. The molecule has 1 aliphatic carbocycles. The van der Waals surface area contributed by atoms with E-state index < -0.39 is 0 Å². The van der Waals surface area contributed by atoms with Crippen LogP contribution in [0.15, 0.2) is 0 Å². The maximum Gasteiger partial charge on any atom is 0.227 e. The largest absolute Gasteiger partial charge is 0.340 e. The van der Waals surface area contributed by atoms with Gasteiger partial charge in [-0.15, -0.1) is 0 Å². The van der Waals surface area contributed by atoms with Crippen LogP contribution in [0.1, 0.15) is 52.4 Å². The van der Waals surface area contributed by atoms with Crippen molar-refractivity contribution in [1.29, 1.82) is 0 Å². The molecule has 2 fully saturated rings. The van der Waals surface area contributed by atoms with Crippen molar-refractivity contribution < 1.29 is 4.79 Å². The summed E-state index contributed by atoms with van der Waals surface area (Å²) in [6.45, 7) is 5.40. The summed E-state index contributed by atoms with van der Waals surface area (Å²) in [6.07, 6.45) is 6.68. The van der Waals surface area contributed by atoms with E-state index in [4.69, 9.17) is 5.73 Å². The fourth-order valence-electron chi connectivity index (χ4n) is 3.41. The summed E-state index contributed by atoms with van der Waals surface area (Å²) in [4.78, 5) is 14.6. The molecule has 98 valence electrons. The zero-order valence-corrected chi connectivity index (χ0v) is 11.2. The van der Waals surface area contributed by atoms with Gasteiger partial charge in [-0.25, -0.2) is 0 Å². The van der Waals surface area contributed by atoms with E-state index in [1.54, 1.807) is 0 Å². The molecule has 0 radical (unpaired) electrons. The van der Waals surface area contributed by atoms with Crippen LogP contribution in [0.3, 0.4) is 0 Å². The van der Waals surface area contributed by atoms with Gasteiger partial charge in [-0.1, -0.05) is 19.8 Å². The van der Waals surface area contributed by atoms with Gasteiger partial charge in [0.2, 0.25) is 5.91 Å². The zero-order valence-electron chi connectivity index (χ0n) is 11.2. The molecule has 0 aromatic heterocycles. The summed E-state index contributed by atoms with van der Waals surface area (Å²) < 4.78 is 0. The third kappa shape index (κ3) is 2.82. The Labute approximate surface area is 105 Å². The summed E-state index contributed by atoms with van der Waals surface area (Å²) in [5.41, 5.74) is 6.11. The molecule has 0 spiro atoms. The first-order valence-electron chi connectivity index (χ1n) is 7.15. The first kappa shape index (κ1) is 12.9. The van der Waals surface area contributed by atoms with Crippen LogP contribution in [0.2, 0.25) is 0 Å². The maximum atomic E-state index is 12.5. The van der Waals surface area contributed by atoms with E-state index in [0.717, 1.165) is 38.1 Å². The van der Waals surface area contributed by atoms with Crippen LogP contribution in [0.4, 0.5) is 0 Å². The molecule has 2 N–H and O–H groups in total. The number of carbonyl (C=O) groups is 1. The van der Waals surface area contributed by atoms with Gasteiger partial charge in [0.05, 0.1) is 5.92 Å². The molecule has 0 aromatic carbocycles. The molecule has 1 saturated heterocycles. The van der Waals surface area contributed by atoms with Gasteiger partial charge in [-0.05, 0) is 38.5 Å². The molecule has 4 atom stereocenters. The van der Waals surface area contributed by atoms with Gasteiger partial charge in [0.15, 0.2) is 0 Å². The van der Waals surface area contributed by atoms with Gasteiger partial charge >= 0.3 is 0 Å². The molecule has 1 heterocycles. The molecule has 0 bridgehead atoms. The number of nitrogens with two attached hydrogens (primary N) is 1. The predicted octanol–water partition coefficient (Wildman–Crippen LogP) is 2.15. The lowest BCUT2D eigenvalue weighted by Gasteiger charge is -2.40. The molecule has 2 aliphatic rings. The van der Waals surface area contributed by atoms with Crippen molar-refractivity contribution in [2.24, 2.45) is 17.6 Å². The molecule has 1 amide bonds. The number of hydrogen-bond donors (Lipinski definition) is 1. The van der Waals surface area contributed by atoms with Crippen molar-refractivity contribution in [3.05, 3.63) is 0 Å². The number of carbonyl (C=O) groups excluding carboxylic acids is 1. The zero-order chi connectivity index (χ0) is 12.4. The Morgan fingerprint density at radius 2 is 1.88 bits per heavy atom. The summed E-state index contributed by atoms with van der Waals surface area (Å²) in [7, 11) is 0. The fraction of sp³-hybridized carbons (Fsp3) is 0.929. The lowest BCUT2D eigenvalue weighted by molar-refractivity contribution is -0.141. The summed E-state index contributed by atoms with van der Waals surface area (Å²) in [5, 5.41) is 0. The minimum absolute atomic E-state index is 0.0969. The molecule has 0 aromatic rings. The second-order valence-electron chi connectivity index (χ2n) is 6.07. The Morgan fingerprint density at radius 1 is 1.18 bits per heavy atom. The Hall–Kier alpha value is -0.570. The third-order valence-electron chi connectivity index (χ3n) is 4.56. The van der Waals surface area contributed by atoms with E-state index in [-0.39, 0.29) is 12.0 Å². The summed E-state index contributed by atoms with van der Waals surface area (Å²) >= 11 is 0. The standard InChI is InChI=1S/C14H26N2O/c1-10-7-8-16(11(2)9-10)14(17)12-5-3-4-6-13(12)15/h10-13H,3-9,15H2,1-2H3. The second-order valence-corrected chi connectivity index (χ2v) is 6.07. The molecule has 3 nitrogen and oxygen atoms in total. The van der Waals surface area contributed by atoms with Gasteiger partial charge in [0.1, 0.15) is 0 Å². The van der Waals surface area contributed by atoms with Crippen LogP contribution in [0.5, 0.6) is 0 Å². The lowest BCUT2D eigenvalue weighted by atomic mass is 9.83. The van der Waals surface area contributed by atoms with Crippen LogP contribution < -0.4 is 5.73 Å². The number of hydrogen-bond acceptors (Lipinski definition) is 2. The maximum absolute atomic E-state index is 12.5. The van der Waals surface area contributed by atoms with E-state index in [0.29, 0.717) is 11.9 Å². The Bertz CT molecular complexity index is 279. The molecule has 3 heteroatoms. The number of rotatable bonds is 1. The van der Waals surface area contributed by atoms with Crippen LogP contribution in [0, 0.1) is 11.8 Å². The fourth-order valence-corrected chi connectivity index (χ4v) is 3.41. The minimum Gasteiger partial charge on any atom is -0.340 e. The molecule has 2 rings (SSSR count). The first-order valence-corrected chi connectivity index (χ1v) is 7.15. The van der Waals surface area contributed by atoms with E-state index in [2.05, 4.69) is 18.7 Å². The van der Waals surface area contributed by atoms with Crippen molar-refractivity contribution in [2.45, 2.75) is 64.5 Å². The topological polar surface area (TPSA) is 46.3 Å². The van der Waals surface area contributed by atoms with Crippen molar-refractivity contribution in [3.63, 3.8) is 0 Å². The molecule has 4 unspecified atom stereocenters. The van der Waals surface area contributed by atoms with Crippen molar-refractivity contribution in [2.75, 3.05) is 6.54 Å². The third-order valence-corrected chi connectivity index (χ3v) is 4.56. The van der Waals surface area contributed by atoms with E-state index in [1.807, 2.05) is 0 Å². The van der Waals surface area contributed by atoms with Gasteiger partial charge in [-0.3, -0.25) is 4.79 Å². The highest BCUT2D eigenvalue weighted by atomic mass is 16.2. The summed E-state index contributed by atoms with van der Waals surface area (Å²) in [5.74, 6) is 1.19. The van der Waals surface area contributed by atoms with Crippen molar-refractivity contribution in [3.8, 4) is 0 Å². The SMILES string of the molecule is CC1CCN(C(=O)C2CCCCC2N)C(C)C1. The van der Waals surface area contributed by atoms with Crippen molar-refractivity contribution >= 4 is 5.91 Å². The molecule has 1 saturated carbocycles. The number of piperidine rings is 1. The molecular formula is C14H26N2O. The highest BCUT2D eigenvalue weighted by molar-refractivity contribution is 5.80.